The molecule has 6 N–H and O–H groups in total. The molecular formula is C19H23NO11. The number of carbonyl (C=O) groups is 1. The van der Waals surface area contributed by atoms with Crippen LogP contribution in [0.25, 0.3) is 0 Å². The lowest BCUT2D eigenvalue weighted by atomic mass is 9.96. The Morgan fingerprint density at radius 3 is 2.35 bits per heavy atom. The van der Waals surface area contributed by atoms with Gasteiger partial charge in [0.1, 0.15) is 42.7 Å². The van der Waals surface area contributed by atoms with Crippen LogP contribution in [0.4, 0.5) is 0 Å². The summed E-state index contributed by atoms with van der Waals surface area (Å²) in [7, 11) is 0. The van der Waals surface area contributed by atoms with Crippen molar-refractivity contribution in [3.05, 3.63) is 35.9 Å². The summed E-state index contributed by atoms with van der Waals surface area (Å²) >= 11 is 0. The first kappa shape index (κ1) is 22.0. The first-order valence-corrected chi connectivity index (χ1v) is 9.64. The van der Waals surface area contributed by atoms with Crippen LogP contribution in [0.3, 0.4) is 0 Å². The van der Waals surface area contributed by atoms with Gasteiger partial charge in [0.05, 0.1) is 6.61 Å². The summed E-state index contributed by atoms with van der Waals surface area (Å²) in [6.07, 6.45) is -14.0. The molecule has 12 heteroatoms. The molecule has 170 valence electrons. The monoisotopic (exact) mass is 441 g/mol. The van der Waals surface area contributed by atoms with Gasteiger partial charge in [-0.3, -0.25) is 0 Å². The Kier molecular flexibility index (Phi) is 6.23. The smallest absolute Gasteiger partial charge is 0.335 e. The predicted octanol–water partition coefficient (Wildman–Crippen LogP) is -2.81. The van der Waals surface area contributed by atoms with Crippen molar-refractivity contribution in [3.8, 4) is 0 Å². The quantitative estimate of drug-likeness (QED) is 0.277. The number of aliphatic carboxylic acids is 1. The maximum atomic E-state index is 11.3. The first-order chi connectivity index (χ1) is 14.8. The van der Waals surface area contributed by atoms with E-state index < -0.39 is 73.9 Å². The molecule has 4 rings (SSSR count). The van der Waals surface area contributed by atoms with Crippen molar-refractivity contribution in [2.45, 2.75) is 61.3 Å². The summed E-state index contributed by atoms with van der Waals surface area (Å²) in [4.78, 5) is 15.7. The lowest BCUT2D eigenvalue weighted by molar-refractivity contribution is -0.331. The Morgan fingerprint density at radius 2 is 1.71 bits per heavy atom. The van der Waals surface area contributed by atoms with Gasteiger partial charge in [-0.1, -0.05) is 18.2 Å². The van der Waals surface area contributed by atoms with E-state index in [1.54, 1.807) is 30.3 Å². The lowest BCUT2D eigenvalue weighted by Gasteiger charge is -2.44. The summed E-state index contributed by atoms with van der Waals surface area (Å²) in [6.45, 7) is -0.582. The largest absolute Gasteiger partial charge is 0.479 e. The molecule has 3 aliphatic rings. The van der Waals surface area contributed by atoms with Crippen LogP contribution >= 0.6 is 0 Å². The molecular weight excluding hydrogens is 418 g/mol. The van der Waals surface area contributed by atoms with E-state index in [2.05, 4.69) is 4.99 Å². The SMILES string of the molecule is O=C(O)[C@H]1O[C@@H](O[C@H]2[C@H](O)[C@@H](CO)O[C@@H]3OC(c4ccccc4)=N[C@@H]32)[C@H](O)[C@@H](O)[C@@H]1O. The third-order valence-electron chi connectivity index (χ3n) is 5.44. The molecule has 1 aromatic rings. The minimum absolute atomic E-state index is 0.207. The third kappa shape index (κ3) is 4.04. The van der Waals surface area contributed by atoms with Crippen LogP contribution in [0.5, 0.6) is 0 Å². The summed E-state index contributed by atoms with van der Waals surface area (Å²) in [6, 6.07) is 7.89. The summed E-state index contributed by atoms with van der Waals surface area (Å²) < 4.78 is 22.1. The Balaban J connectivity index is 1.60. The van der Waals surface area contributed by atoms with Gasteiger partial charge in [0, 0.05) is 5.56 Å². The molecule has 12 nitrogen and oxygen atoms in total. The molecule has 0 bridgehead atoms. The fourth-order valence-corrected chi connectivity index (χ4v) is 3.76. The highest BCUT2D eigenvalue weighted by Crippen LogP contribution is 2.34. The number of ether oxygens (including phenoxy) is 4. The van der Waals surface area contributed by atoms with Gasteiger partial charge >= 0.3 is 5.97 Å². The molecule has 0 radical (unpaired) electrons. The van der Waals surface area contributed by atoms with Gasteiger partial charge in [-0.05, 0) is 12.1 Å². The van der Waals surface area contributed by atoms with Gasteiger partial charge in [-0.25, -0.2) is 9.79 Å². The molecule has 3 aliphatic heterocycles. The molecule has 2 saturated heterocycles. The van der Waals surface area contributed by atoms with Crippen molar-refractivity contribution in [2.24, 2.45) is 4.99 Å². The highest BCUT2D eigenvalue weighted by atomic mass is 16.7. The highest BCUT2D eigenvalue weighted by molar-refractivity contribution is 5.95. The van der Waals surface area contributed by atoms with E-state index in [9.17, 15) is 35.4 Å². The number of aliphatic hydroxyl groups excluding tert-OH is 5. The normalized spacial score (nSPS) is 42.4. The second kappa shape index (κ2) is 8.76. The molecule has 0 spiro atoms. The molecule has 0 aliphatic carbocycles. The van der Waals surface area contributed by atoms with Gasteiger partial charge in [0.15, 0.2) is 12.4 Å². The topological polar surface area (TPSA) is 188 Å². The molecule has 10 atom stereocenters. The van der Waals surface area contributed by atoms with E-state index in [0.29, 0.717) is 5.56 Å². The standard InChI is InChI=1S/C19H23NO11/c21-6-8-10(22)14(29-19-13(25)11(23)12(24)15(30-19)17(26)27)9-18(28-8)31-16(20-9)7-4-2-1-3-5-7/h1-5,8-15,18-19,21-25H,6H2,(H,26,27)/t8-,9-,10-,11+,12+,13-,14-,15+,18-,19-/m1/s1. The molecule has 0 amide bonds. The average Bonchev–Trinajstić information content (AvgIpc) is 3.19. The van der Waals surface area contributed by atoms with E-state index >= 15 is 0 Å². The number of benzene rings is 1. The molecule has 1 aromatic carbocycles. The van der Waals surface area contributed by atoms with Gasteiger partial charge in [0.25, 0.3) is 0 Å². The second-order valence-corrected chi connectivity index (χ2v) is 7.46. The van der Waals surface area contributed by atoms with Gasteiger partial charge in [-0.15, -0.1) is 0 Å². The molecule has 0 unspecified atom stereocenters. The number of aliphatic imine (C=N–C) groups is 1. The van der Waals surface area contributed by atoms with Gasteiger partial charge in [0.2, 0.25) is 12.2 Å². The summed E-state index contributed by atoms with van der Waals surface area (Å²) in [5, 5.41) is 59.5. The Labute approximate surface area is 175 Å². The minimum atomic E-state index is -1.89. The summed E-state index contributed by atoms with van der Waals surface area (Å²) in [5.74, 6) is -1.36. The molecule has 0 saturated carbocycles. The van der Waals surface area contributed by atoms with Gasteiger partial charge in [-0.2, -0.15) is 0 Å². The zero-order valence-electron chi connectivity index (χ0n) is 16.0. The number of nitrogens with zero attached hydrogens (tertiary/aromatic N) is 1. The van der Waals surface area contributed by atoms with Crippen molar-refractivity contribution in [2.75, 3.05) is 6.61 Å². The number of rotatable bonds is 5. The molecule has 2 fully saturated rings. The average molecular weight is 441 g/mol. The zero-order valence-corrected chi connectivity index (χ0v) is 16.0. The van der Waals surface area contributed by atoms with Crippen LogP contribution in [0, 0.1) is 0 Å². The fraction of sp³-hybridized carbons (Fsp3) is 0.579. The van der Waals surface area contributed by atoms with Crippen LogP contribution < -0.4 is 0 Å². The van der Waals surface area contributed by atoms with E-state index in [1.165, 1.54) is 0 Å². The van der Waals surface area contributed by atoms with Crippen molar-refractivity contribution in [1.29, 1.82) is 0 Å². The summed E-state index contributed by atoms with van der Waals surface area (Å²) in [5.41, 5.74) is 0.632. The lowest BCUT2D eigenvalue weighted by Crippen LogP contribution is -2.64. The Morgan fingerprint density at radius 1 is 1.00 bits per heavy atom. The van der Waals surface area contributed by atoms with E-state index in [-0.39, 0.29) is 5.90 Å². The first-order valence-electron chi connectivity index (χ1n) is 9.64. The number of aliphatic hydroxyl groups is 5. The molecule has 31 heavy (non-hydrogen) atoms. The minimum Gasteiger partial charge on any atom is -0.479 e. The van der Waals surface area contributed by atoms with Crippen LogP contribution in [-0.2, 0) is 23.7 Å². The zero-order chi connectivity index (χ0) is 22.3. The molecule has 3 heterocycles. The van der Waals surface area contributed by atoms with Crippen molar-refractivity contribution < 1.29 is 54.4 Å². The third-order valence-corrected chi connectivity index (χ3v) is 5.44. The second-order valence-electron chi connectivity index (χ2n) is 7.46. The van der Waals surface area contributed by atoms with Gasteiger partial charge < -0.3 is 49.6 Å². The Hall–Kier alpha value is -2.16. The number of fused-ring (bicyclic) bond motifs is 1. The maximum Gasteiger partial charge on any atom is 0.335 e. The van der Waals surface area contributed by atoms with Crippen molar-refractivity contribution in [1.82, 2.24) is 0 Å². The van der Waals surface area contributed by atoms with Crippen molar-refractivity contribution in [3.63, 3.8) is 0 Å². The Bertz CT molecular complexity index is 820. The molecule has 0 aromatic heterocycles. The van der Waals surface area contributed by atoms with E-state index in [1.807, 2.05) is 0 Å². The van der Waals surface area contributed by atoms with Crippen LogP contribution in [0.1, 0.15) is 5.56 Å². The van der Waals surface area contributed by atoms with Crippen LogP contribution in [0.2, 0.25) is 0 Å². The van der Waals surface area contributed by atoms with Crippen LogP contribution in [-0.4, -0.2) is 110 Å². The number of hydrogen-bond acceptors (Lipinski definition) is 11. The van der Waals surface area contributed by atoms with E-state index in [4.69, 9.17) is 18.9 Å². The maximum absolute atomic E-state index is 11.3. The van der Waals surface area contributed by atoms with Crippen molar-refractivity contribution >= 4 is 11.9 Å². The van der Waals surface area contributed by atoms with Crippen LogP contribution in [0.15, 0.2) is 35.3 Å². The number of carboxylic acid groups (broad SMARTS) is 1. The van der Waals surface area contributed by atoms with E-state index in [0.717, 1.165) is 0 Å². The predicted molar refractivity (Wildman–Crippen MR) is 98.8 cm³/mol. The highest BCUT2D eigenvalue weighted by Gasteiger charge is 2.54. The number of hydrogen-bond donors (Lipinski definition) is 6. The fourth-order valence-electron chi connectivity index (χ4n) is 3.76. The number of carboxylic acids is 1.